The predicted octanol–water partition coefficient (Wildman–Crippen LogP) is 1.90. The fourth-order valence-electron chi connectivity index (χ4n) is 1.88. The first kappa shape index (κ1) is 12.6. The van der Waals surface area contributed by atoms with E-state index >= 15 is 0 Å². The van der Waals surface area contributed by atoms with Crippen LogP contribution < -0.4 is 10.2 Å². The molecule has 1 aromatic heterocycles. The second-order valence-corrected chi connectivity index (χ2v) is 4.81. The zero-order valence-corrected chi connectivity index (χ0v) is 11.7. The predicted molar refractivity (Wildman–Crippen MR) is 71.5 cm³/mol. The number of nitrogens with zero attached hydrogens (tertiary/aromatic N) is 3. The van der Waals surface area contributed by atoms with Crippen molar-refractivity contribution < 1.29 is 4.74 Å². The molecule has 1 unspecified atom stereocenters. The van der Waals surface area contributed by atoms with Crippen molar-refractivity contribution in [3.8, 4) is 0 Å². The van der Waals surface area contributed by atoms with Crippen molar-refractivity contribution >= 4 is 27.6 Å². The van der Waals surface area contributed by atoms with Crippen molar-refractivity contribution in [3.63, 3.8) is 0 Å². The molecule has 1 aliphatic rings. The Hall–Kier alpha value is -0.880. The van der Waals surface area contributed by atoms with Crippen LogP contribution in [0.3, 0.4) is 0 Å². The fraction of sp³-hybridized carbons (Fsp3) is 0.636. The van der Waals surface area contributed by atoms with Gasteiger partial charge < -0.3 is 15.0 Å². The number of anilines is 2. The van der Waals surface area contributed by atoms with Gasteiger partial charge in [0.2, 0.25) is 0 Å². The first-order valence-corrected chi connectivity index (χ1v) is 6.62. The Morgan fingerprint density at radius 2 is 2.41 bits per heavy atom. The maximum absolute atomic E-state index is 5.53. The summed E-state index contributed by atoms with van der Waals surface area (Å²) in [4.78, 5) is 10.8. The molecule has 1 aliphatic heterocycles. The third-order valence-corrected chi connectivity index (χ3v) is 3.39. The molecule has 2 rings (SSSR count). The number of hydrogen-bond acceptors (Lipinski definition) is 5. The summed E-state index contributed by atoms with van der Waals surface area (Å²) in [5.74, 6) is 1.78. The van der Waals surface area contributed by atoms with Crippen LogP contribution in [0.15, 0.2) is 10.8 Å². The van der Waals surface area contributed by atoms with E-state index in [-0.39, 0.29) is 6.10 Å². The Bertz CT molecular complexity index is 388. The Morgan fingerprint density at radius 3 is 3.12 bits per heavy atom. The smallest absolute Gasteiger partial charge is 0.148 e. The van der Waals surface area contributed by atoms with Crippen LogP contribution in [0.4, 0.5) is 11.6 Å². The van der Waals surface area contributed by atoms with E-state index in [9.17, 15) is 0 Å². The van der Waals surface area contributed by atoms with Crippen molar-refractivity contribution in [2.45, 2.75) is 20.0 Å². The number of hydrogen-bond donors (Lipinski definition) is 1. The van der Waals surface area contributed by atoms with Crippen LogP contribution in [0, 0.1) is 0 Å². The molecule has 2 heterocycles. The maximum atomic E-state index is 5.53. The molecule has 1 aromatic rings. The second kappa shape index (κ2) is 5.64. The van der Waals surface area contributed by atoms with Crippen LogP contribution in [0.1, 0.15) is 13.8 Å². The summed E-state index contributed by atoms with van der Waals surface area (Å²) in [7, 11) is 0. The van der Waals surface area contributed by atoms with E-state index in [2.05, 4.69) is 43.0 Å². The van der Waals surface area contributed by atoms with E-state index in [4.69, 9.17) is 4.74 Å². The average molecular weight is 301 g/mol. The van der Waals surface area contributed by atoms with Gasteiger partial charge in [0.15, 0.2) is 0 Å². The van der Waals surface area contributed by atoms with Crippen molar-refractivity contribution in [1.82, 2.24) is 9.97 Å². The molecule has 94 valence electrons. The number of morpholine rings is 1. The third kappa shape index (κ3) is 2.87. The quantitative estimate of drug-likeness (QED) is 0.924. The molecule has 0 spiro atoms. The largest absolute Gasteiger partial charge is 0.375 e. The lowest BCUT2D eigenvalue weighted by atomic mass is 10.3. The van der Waals surface area contributed by atoms with Gasteiger partial charge in [0.25, 0.3) is 0 Å². The SMILES string of the molecule is CCNc1ncnc(N2CCOC(C)C2)c1Br. The molecule has 0 saturated carbocycles. The summed E-state index contributed by atoms with van der Waals surface area (Å²) < 4.78 is 6.46. The molecular formula is C11H17BrN4O. The highest BCUT2D eigenvalue weighted by atomic mass is 79.9. The maximum Gasteiger partial charge on any atom is 0.148 e. The monoisotopic (exact) mass is 300 g/mol. The lowest BCUT2D eigenvalue weighted by molar-refractivity contribution is 0.0529. The van der Waals surface area contributed by atoms with E-state index in [0.29, 0.717) is 0 Å². The zero-order chi connectivity index (χ0) is 12.3. The van der Waals surface area contributed by atoms with Gasteiger partial charge in [-0.1, -0.05) is 0 Å². The highest BCUT2D eigenvalue weighted by Gasteiger charge is 2.21. The summed E-state index contributed by atoms with van der Waals surface area (Å²) in [5, 5.41) is 3.21. The van der Waals surface area contributed by atoms with Crippen LogP contribution in [0.2, 0.25) is 0 Å². The van der Waals surface area contributed by atoms with Gasteiger partial charge in [-0.2, -0.15) is 0 Å². The van der Waals surface area contributed by atoms with Crippen molar-refractivity contribution in [2.24, 2.45) is 0 Å². The van der Waals surface area contributed by atoms with Crippen LogP contribution in [0.25, 0.3) is 0 Å². The van der Waals surface area contributed by atoms with Crippen molar-refractivity contribution in [2.75, 3.05) is 36.5 Å². The van der Waals surface area contributed by atoms with Crippen LogP contribution in [-0.4, -0.2) is 42.3 Å². The minimum Gasteiger partial charge on any atom is -0.375 e. The van der Waals surface area contributed by atoms with Crippen LogP contribution >= 0.6 is 15.9 Å². The summed E-state index contributed by atoms with van der Waals surface area (Å²) in [5.41, 5.74) is 0. The van der Waals surface area contributed by atoms with Gasteiger partial charge in [-0.3, -0.25) is 0 Å². The Kier molecular flexibility index (Phi) is 4.17. The summed E-state index contributed by atoms with van der Waals surface area (Å²) in [6.45, 7) is 7.44. The average Bonchev–Trinajstić information content (AvgIpc) is 2.32. The lowest BCUT2D eigenvalue weighted by Gasteiger charge is -2.32. The topological polar surface area (TPSA) is 50.3 Å². The second-order valence-electron chi connectivity index (χ2n) is 4.02. The highest BCUT2D eigenvalue weighted by Crippen LogP contribution is 2.30. The van der Waals surface area contributed by atoms with E-state index in [0.717, 1.165) is 42.3 Å². The minimum absolute atomic E-state index is 0.244. The molecule has 1 N–H and O–H groups in total. The van der Waals surface area contributed by atoms with Gasteiger partial charge in [0.05, 0.1) is 12.7 Å². The van der Waals surface area contributed by atoms with Gasteiger partial charge in [0, 0.05) is 19.6 Å². The number of rotatable bonds is 3. The molecule has 0 amide bonds. The molecular weight excluding hydrogens is 284 g/mol. The van der Waals surface area contributed by atoms with E-state index in [1.165, 1.54) is 0 Å². The molecule has 6 heteroatoms. The van der Waals surface area contributed by atoms with Gasteiger partial charge in [0.1, 0.15) is 22.4 Å². The normalized spacial score (nSPS) is 20.4. The van der Waals surface area contributed by atoms with Gasteiger partial charge in [-0.05, 0) is 29.8 Å². The molecule has 1 saturated heterocycles. The summed E-state index contributed by atoms with van der Waals surface area (Å²) in [6.07, 6.45) is 1.84. The fourth-order valence-corrected chi connectivity index (χ4v) is 2.48. The molecule has 0 radical (unpaired) electrons. The molecule has 5 nitrogen and oxygen atoms in total. The van der Waals surface area contributed by atoms with Gasteiger partial charge in [-0.25, -0.2) is 9.97 Å². The number of aromatic nitrogens is 2. The summed E-state index contributed by atoms with van der Waals surface area (Å²) >= 11 is 3.57. The standard InChI is InChI=1S/C11H17BrN4O/c1-3-13-10-9(12)11(15-7-14-10)16-4-5-17-8(2)6-16/h7-8H,3-6H2,1-2H3,(H,13,14,15). The number of nitrogens with one attached hydrogen (secondary N) is 1. The first-order chi connectivity index (χ1) is 8.22. The molecule has 1 fully saturated rings. The number of ether oxygens (including phenoxy) is 1. The minimum atomic E-state index is 0.244. The van der Waals surface area contributed by atoms with Crippen LogP contribution in [-0.2, 0) is 4.74 Å². The number of halogens is 1. The van der Waals surface area contributed by atoms with E-state index in [1.54, 1.807) is 6.33 Å². The molecule has 0 aromatic carbocycles. The Morgan fingerprint density at radius 1 is 1.59 bits per heavy atom. The third-order valence-electron chi connectivity index (χ3n) is 2.66. The molecule has 0 aliphatic carbocycles. The Labute approximate surface area is 110 Å². The first-order valence-electron chi connectivity index (χ1n) is 5.83. The van der Waals surface area contributed by atoms with Crippen molar-refractivity contribution in [3.05, 3.63) is 10.8 Å². The van der Waals surface area contributed by atoms with E-state index < -0.39 is 0 Å². The lowest BCUT2D eigenvalue weighted by Crippen LogP contribution is -2.41. The molecule has 0 bridgehead atoms. The Balaban J connectivity index is 2.22. The van der Waals surface area contributed by atoms with Gasteiger partial charge in [-0.15, -0.1) is 0 Å². The summed E-state index contributed by atoms with van der Waals surface area (Å²) in [6, 6.07) is 0. The molecule has 17 heavy (non-hydrogen) atoms. The van der Waals surface area contributed by atoms with Crippen molar-refractivity contribution in [1.29, 1.82) is 0 Å². The molecule has 1 atom stereocenters. The van der Waals surface area contributed by atoms with Crippen LogP contribution in [0.5, 0.6) is 0 Å². The van der Waals surface area contributed by atoms with Gasteiger partial charge >= 0.3 is 0 Å². The van der Waals surface area contributed by atoms with E-state index in [1.807, 2.05) is 6.92 Å². The zero-order valence-electron chi connectivity index (χ0n) is 10.1. The highest BCUT2D eigenvalue weighted by molar-refractivity contribution is 9.10.